The number of rotatable bonds is 3. The molecule has 1 aliphatic carbocycles. The highest BCUT2D eigenvalue weighted by molar-refractivity contribution is 7.53. The molecule has 0 unspecified atom stereocenters. The van der Waals surface area contributed by atoms with E-state index in [1.165, 1.54) is 22.3 Å². The molecule has 2 aromatic carbocycles. The van der Waals surface area contributed by atoms with Gasteiger partial charge in [-0.3, -0.25) is 9.34 Å². The van der Waals surface area contributed by atoms with Gasteiger partial charge in [-0.2, -0.15) is 0 Å². The number of benzene rings is 2. The van der Waals surface area contributed by atoms with Crippen molar-refractivity contribution >= 4 is 20.4 Å². The first kappa shape index (κ1) is 15.4. The smallest absolute Gasteiger partial charge is 0.0573 e. The third kappa shape index (κ3) is 2.75. The summed E-state index contributed by atoms with van der Waals surface area (Å²) in [5, 5.41) is 0. The Kier molecular flexibility index (Phi) is 4.44. The molecule has 0 atom stereocenters. The Bertz CT molecular complexity index is 634. The number of nitrogens with zero attached hydrogens (tertiary/aromatic N) is 2. The minimum absolute atomic E-state index is 0.391. The molecule has 22 heavy (non-hydrogen) atoms. The van der Waals surface area contributed by atoms with E-state index >= 15 is 0 Å². The van der Waals surface area contributed by atoms with E-state index in [1.54, 1.807) is 0 Å². The quantitative estimate of drug-likeness (QED) is 0.759. The molecule has 2 nitrogen and oxygen atoms in total. The highest BCUT2D eigenvalue weighted by Crippen LogP contribution is 2.59. The van der Waals surface area contributed by atoms with Gasteiger partial charge in [0.1, 0.15) is 0 Å². The van der Waals surface area contributed by atoms with Gasteiger partial charge in [0.2, 0.25) is 0 Å². The monoisotopic (exact) mass is 310 g/mol. The predicted molar refractivity (Wildman–Crippen MR) is 97.9 cm³/mol. The van der Waals surface area contributed by atoms with Crippen LogP contribution in [0.4, 0.5) is 0 Å². The first-order valence-electron chi connectivity index (χ1n) is 7.59. The summed E-state index contributed by atoms with van der Waals surface area (Å²) >= 11 is 0. The fourth-order valence-electron chi connectivity index (χ4n) is 3.24. The Morgan fingerprint density at radius 1 is 0.682 bits per heavy atom. The summed E-state index contributed by atoms with van der Waals surface area (Å²) in [6.45, 7) is 0. The Balaban J connectivity index is 2.25. The minimum atomic E-state index is -0.460. The van der Waals surface area contributed by atoms with Crippen LogP contribution in [0.3, 0.4) is 0 Å². The van der Waals surface area contributed by atoms with E-state index in [9.17, 15) is 0 Å². The molecule has 0 saturated heterocycles. The molecule has 0 aromatic heterocycles. The van der Waals surface area contributed by atoms with Crippen molar-refractivity contribution in [1.82, 2.24) is 9.34 Å². The second kappa shape index (κ2) is 6.34. The first-order valence-corrected chi connectivity index (χ1v) is 8.91. The van der Waals surface area contributed by atoms with Crippen LogP contribution < -0.4 is 0 Å². The summed E-state index contributed by atoms with van der Waals surface area (Å²) in [4.78, 5) is 0. The molecule has 0 bridgehead atoms. The van der Waals surface area contributed by atoms with Crippen LogP contribution in [0.15, 0.2) is 48.5 Å². The van der Waals surface area contributed by atoms with Gasteiger partial charge in [-0.15, -0.1) is 0 Å². The lowest BCUT2D eigenvalue weighted by Crippen LogP contribution is -2.22. The lowest BCUT2D eigenvalue weighted by atomic mass is 9.99. The van der Waals surface area contributed by atoms with Crippen molar-refractivity contribution in [3.05, 3.63) is 70.8 Å². The first-order chi connectivity index (χ1) is 10.6. The summed E-state index contributed by atoms with van der Waals surface area (Å²) < 4.78 is 4.75. The van der Waals surface area contributed by atoms with Gasteiger partial charge in [-0.1, -0.05) is 60.7 Å². The van der Waals surface area contributed by atoms with E-state index in [1.807, 2.05) is 0 Å². The second-order valence-electron chi connectivity index (χ2n) is 6.01. The van der Waals surface area contributed by atoms with Gasteiger partial charge >= 0.3 is 0 Å². The van der Waals surface area contributed by atoms with Crippen LogP contribution in [0, 0.1) is 0 Å². The van der Waals surface area contributed by atoms with Crippen LogP contribution in [0.1, 0.15) is 27.9 Å². The van der Waals surface area contributed by atoms with Gasteiger partial charge < -0.3 is 0 Å². The third-order valence-corrected chi connectivity index (χ3v) is 6.73. The van der Waals surface area contributed by atoms with Crippen molar-refractivity contribution in [1.29, 1.82) is 0 Å². The van der Waals surface area contributed by atoms with Crippen LogP contribution in [-0.2, 0) is 0 Å². The maximum absolute atomic E-state index is 2.37. The predicted octanol–water partition coefficient (Wildman–Crippen LogP) is 4.69. The van der Waals surface area contributed by atoms with Crippen molar-refractivity contribution in [3.63, 3.8) is 0 Å². The molecule has 2 aromatic rings. The van der Waals surface area contributed by atoms with Gasteiger partial charge in [-0.25, -0.2) is 0 Å². The molecule has 0 saturated carbocycles. The van der Waals surface area contributed by atoms with Gasteiger partial charge in [0.05, 0.1) is 13.9 Å². The zero-order valence-electron chi connectivity index (χ0n) is 13.7. The lowest BCUT2D eigenvalue weighted by molar-refractivity contribution is 0.564. The van der Waals surface area contributed by atoms with E-state index in [0.717, 1.165) is 0 Å². The molecule has 0 fully saturated rings. The van der Waals surface area contributed by atoms with Crippen molar-refractivity contribution in [2.24, 2.45) is 0 Å². The molecule has 0 amide bonds. The standard InChI is InChI=1S/C19H23N2P/c1-20(2)22(21(3)4)19-17-11-7-5-9-15(17)13-14-16-10-6-8-12-18(16)19/h5-14,19H,1-4H3. The van der Waals surface area contributed by atoms with Crippen LogP contribution in [0.5, 0.6) is 0 Å². The normalized spacial score (nSPS) is 14.3. The number of hydrogen-bond acceptors (Lipinski definition) is 2. The average molecular weight is 310 g/mol. The SMILES string of the molecule is CN(C)P(C1c2ccccc2C=Cc2ccccc21)N(C)C. The molecular weight excluding hydrogens is 287 g/mol. The Morgan fingerprint density at radius 3 is 1.50 bits per heavy atom. The van der Waals surface area contributed by atoms with Crippen LogP contribution in [0.2, 0.25) is 0 Å². The van der Waals surface area contributed by atoms with E-state index in [0.29, 0.717) is 5.66 Å². The molecule has 0 aliphatic heterocycles. The van der Waals surface area contributed by atoms with E-state index < -0.39 is 8.22 Å². The highest BCUT2D eigenvalue weighted by atomic mass is 31.1. The minimum Gasteiger partial charge on any atom is -0.275 e. The molecule has 3 rings (SSSR count). The Labute approximate surface area is 134 Å². The summed E-state index contributed by atoms with van der Waals surface area (Å²) in [7, 11) is 8.30. The second-order valence-corrected chi connectivity index (χ2v) is 8.77. The topological polar surface area (TPSA) is 6.48 Å². The highest BCUT2D eigenvalue weighted by Gasteiger charge is 2.32. The molecule has 0 radical (unpaired) electrons. The average Bonchev–Trinajstić information content (AvgIpc) is 2.65. The summed E-state index contributed by atoms with van der Waals surface area (Å²) in [5.41, 5.74) is 5.91. The molecule has 3 heteroatoms. The third-order valence-electron chi connectivity index (χ3n) is 4.07. The molecule has 0 N–H and O–H groups in total. The van der Waals surface area contributed by atoms with Gasteiger partial charge in [0, 0.05) is 0 Å². The van der Waals surface area contributed by atoms with Crippen LogP contribution >= 0.6 is 8.22 Å². The lowest BCUT2D eigenvalue weighted by Gasteiger charge is -2.38. The molecule has 114 valence electrons. The zero-order chi connectivity index (χ0) is 15.7. The van der Waals surface area contributed by atoms with Gasteiger partial charge in [0.15, 0.2) is 0 Å². The Hall–Kier alpha value is -1.47. The summed E-state index contributed by atoms with van der Waals surface area (Å²) in [6.07, 6.45) is 4.51. The van der Waals surface area contributed by atoms with Gasteiger partial charge in [-0.05, 0) is 50.4 Å². The van der Waals surface area contributed by atoms with E-state index in [2.05, 4.69) is 98.2 Å². The van der Waals surface area contributed by atoms with Gasteiger partial charge in [0.25, 0.3) is 0 Å². The number of hydrogen-bond donors (Lipinski definition) is 0. The fourth-order valence-corrected chi connectivity index (χ4v) is 5.85. The fraction of sp³-hybridized carbons (Fsp3) is 0.263. The molecule has 0 spiro atoms. The molecule has 0 heterocycles. The van der Waals surface area contributed by atoms with Crippen molar-refractivity contribution in [2.75, 3.05) is 28.2 Å². The largest absolute Gasteiger partial charge is 0.275 e. The van der Waals surface area contributed by atoms with Crippen LogP contribution in [-0.4, -0.2) is 37.5 Å². The Morgan fingerprint density at radius 2 is 1.09 bits per heavy atom. The van der Waals surface area contributed by atoms with Crippen molar-refractivity contribution in [3.8, 4) is 0 Å². The maximum atomic E-state index is 2.37. The van der Waals surface area contributed by atoms with Crippen LogP contribution in [0.25, 0.3) is 12.2 Å². The maximum Gasteiger partial charge on any atom is 0.0573 e. The van der Waals surface area contributed by atoms with E-state index in [-0.39, 0.29) is 0 Å². The van der Waals surface area contributed by atoms with Crippen molar-refractivity contribution < 1.29 is 0 Å². The summed E-state index contributed by atoms with van der Waals surface area (Å²) in [6, 6.07) is 17.6. The summed E-state index contributed by atoms with van der Waals surface area (Å²) in [5.74, 6) is 0. The number of fused-ring (bicyclic) bond motifs is 2. The zero-order valence-corrected chi connectivity index (χ0v) is 14.6. The molecule has 1 aliphatic rings. The molecular formula is C19H23N2P. The van der Waals surface area contributed by atoms with Crippen molar-refractivity contribution in [2.45, 2.75) is 5.66 Å². The van der Waals surface area contributed by atoms with E-state index in [4.69, 9.17) is 0 Å².